The van der Waals surface area contributed by atoms with Crippen molar-refractivity contribution in [1.29, 1.82) is 0 Å². The van der Waals surface area contributed by atoms with Crippen LogP contribution in [0.1, 0.15) is 16.7 Å². The quantitative estimate of drug-likeness (QED) is 0.875. The maximum Gasteiger partial charge on any atom is 0.217 e. The topological polar surface area (TPSA) is 51.4 Å². The van der Waals surface area contributed by atoms with Crippen molar-refractivity contribution >= 4 is 0 Å². The minimum absolute atomic E-state index is 0.570. The Hall–Kier alpha value is -1.91. The van der Waals surface area contributed by atoms with Gasteiger partial charge in [0, 0.05) is 31.4 Å². The molecular weight excluding hydrogens is 250 g/mol. The second kappa shape index (κ2) is 7.03. The van der Waals surface area contributed by atoms with Crippen molar-refractivity contribution in [2.24, 2.45) is 5.73 Å². The number of nitrogens with zero attached hydrogens (tertiary/aromatic N) is 2. The van der Waals surface area contributed by atoms with E-state index in [1.165, 1.54) is 11.1 Å². The maximum atomic E-state index is 5.78. The molecule has 0 fully saturated rings. The summed E-state index contributed by atoms with van der Waals surface area (Å²) in [6.45, 7) is 2.21. The van der Waals surface area contributed by atoms with Crippen LogP contribution in [0.4, 0.5) is 0 Å². The molecule has 1 aromatic heterocycles. The number of aromatic nitrogens is 1. The molecule has 0 aliphatic carbocycles. The third-order valence-electron chi connectivity index (χ3n) is 3.26. The summed E-state index contributed by atoms with van der Waals surface area (Å²) in [5.41, 5.74) is 9.32. The highest BCUT2D eigenvalue weighted by molar-refractivity contribution is 5.28. The van der Waals surface area contributed by atoms with Crippen LogP contribution in [0.15, 0.2) is 42.6 Å². The normalized spacial score (nSPS) is 10.8. The Bertz CT molecular complexity index is 507. The molecular formula is C16H21N3O. The summed E-state index contributed by atoms with van der Waals surface area (Å²) in [6.07, 6.45) is 1.74. The van der Waals surface area contributed by atoms with Crippen molar-refractivity contribution in [2.75, 3.05) is 14.2 Å². The standard InChI is InChI=1S/C16H21N3O/c1-19(11-14-7-4-3-6-13(14)10-17)12-15-8-5-9-18-16(15)20-2/h3-9H,10-12,17H2,1-2H3. The number of benzene rings is 1. The minimum Gasteiger partial charge on any atom is -0.481 e. The van der Waals surface area contributed by atoms with Gasteiger partial charge in [0.05, 0.1) is 7.11 Å². The molecule has 4 heteroatoms. The SMILES string of the molecule is COc1ncccc1CN(C)Cc1ccccc1CN. The summed E-state index contributed by atoms with van der Waals surface area (Å²) in [7, 11) is 3.73. The Kier molecular flexibility index (Phi) is 5.09. The molecule has 0 spiro atoms. The monoisotopic (exact) mass is 271 g/mol. The highest BCUT2D eigenvalue weighted by Gasteiger charge is 2.09. The zero-order valence-corrected chi connectivity index (χ0v) is 12.0. The molecule has 20 heavy (non-hydrogen) atoms. The van der Waals surface area contributed by atoms with Crippen LogP contribution in [-0.4, -0.2) is 24.0 Å². The van der Waals surface area contributed by atoms with Crippen molar-refractivity contribution in [3.8, 4) is 5.88 Å². The summed E-state index contributed by atoms with van der Waals surface area (Å²) in [5.74, 6) is 0.687. The van der Waals surface area contributed by atoms with Crippen LogP contribution >= 0.6 is 0 Å². The van der Waals surface area contributed by atoms with E-state index in [0.717, 1.165) is 18.7 Å². The third-order valence-corrected chi connectivity index (χ3v) is 3.26. The first kappa shape index (κ1) is 14.5. The largest absolute Gasteiger partial charge is 0.481 e. The average Bonchev–Trinajstić information content (AvgIpc) is 2.48. The van der Waals surface area contributed by atoms with Gasteiger partial charge in [0.2, 0.25) is 5.88 Å². The number of nitrogens with two attached hydrogens (primary N) is 1. The van der Waals surface area contributed by atoms with E-state index in [-0.39, 0.29) is 0 Å². The van der Waals surface area contributed by atoms with Crippen LogP contribution in [0.3, 0.4) is 0 Å². The first-order valence-corrected chi connectivity index (χ1v) is 6.68. The molecule has 0 saturated carbocycles. The number of hydrogen-bond acceptors (Lipinski definition) is 4. The Morgan fingerprint density at radius 1 is 1.05 bits per heavy atom. The molecule has 0 aliphatic heterocycles. The lowest BCUT2D eigenvalue weighted by molar-refractivity contribution is 0.306. The van der Waals surface area contributed by atoms with Crippen molar-refractivity contribution in [1.82, 2.24) is 9.88 Å². The zero-order chi connectivity index (χ0) is 14.4. The molecule has 0 bridgehead atoms. The Balaban J connectivity index is 2.07. The Morgan fingerprint density at radius 3 is 2.40 bits per heavy atom. The van der Waals surface area contributed by atoms with E-state index in [0.29, 0.717) is 12.4 Å². The summed E-state index contributed by atoms with van der Waals surface area (Å²) in [5, 5.41) is 0. The van der Waals surface area contributed by atoms with Crippen LogP contribution < -0.4 is 10.5 Å². The van der Waals surface area contributed by atoms with E-state index < -0.39 is 0 Å². The van der Waals surface area contributed by atoms with E-state index in [1.54, 1.807) is 13.3 Å². The van der Waals surface area contributed by atoms with Crippen LogP contribution in [0.25, 0.3) is 0 Å². The predicted octanol–water partition coefficient (Wildman–Crippen LogP) is 2.18. The van der Waals surface area contributed by atoms with E-state index in [9.17, 15) is 0 Å². The van der Waals surface area contributed by atoms with E-state index in [1.807, 2.05) is 24.3 Å². The number of methoxy groups -OCH3 is 1. The molecule has 4 nitrogen and oxygen atoms in total. The second-order valence-corrected chi connectivity index (χ2v) is 4.82. The van der Waals surface area contributed by atoms with Gasteiger partial charge in [-0.25, -0.2) is 4.98 Å². The van der Waals surface area contributed by atoms with Crippen LogP contribution in [0.5, 0.6) is 5.88 Å². The van der Waals surface area contributed by atoms with Crippen molar-refractivity contribution in [2.45, 2.75) is 19.6 Å². The summed E-state index contributed by atoms with van der Waals surface area (Å²) in [6, 6.07) is 12.2. The van der Waals surface area contributed by atoms with Crippen LogP contribution in [-0.2, 0) is 19.6 Å². The number of pyridine rings is 1. The lowest BCUT2D eigenvalue weighted by atomic mass is 10.1. The Labute approximate surface area is 120 Å². The van der Waals surface area contributed by atoms with Gasteiger partial charge < -0.3 is 10.5 Å². The lowest BCUT2D eigenvalue weighted by Gasteiger charge is -2.19. The van der Waals surface area contributed by atoms with Gasteiger partial charge >= 0.3 is 0 Å². The summed E-state index contributed by atoms with van der Waals surface area (Å²) >= 11 is 0. The molecule has 1 heterocycles. The summed E-state index contributed by atoms with van der Waals surface area (Å²) in [4.78, 5) is 6.45. The van der Waals surface area contributed by atoms with Gasteiger partial charge in [0.1, 0.15) is 0 Å². The molecule has 1 aromatic carbocycles. The van der Waals surface area contributed by atoms with Gasteiger partial charge in [-0.15, -0.1) is 0 Å². The van der Waals surface area contributed by atoms with Crippen molar-refractivity contribution in [3.05, 3.63) is 59.3 Å². The number of ether oxygens (including phenoxy) is 1. The fourth-order valence-electron chi connectivity index (χ4n) is 2.28. The van der Waals surface area contributed by atoms with Gasteiger partial charge in [-0.2, -0.15) is 0 Å². The third kappa shape index (κ3) is 3.56. The first-order valence-electron chi connectivity index (χ1n) is 6.68. The van der Waals surface area contributed by atoms with Gasteiger partial charge in [0.15, 0.2) is 0 Å². The van der Waals surface area contributed by atoms with Crippen molar-refractivity contribution in [3.63, 3.8) is 0 Å². The minimum atomic E-state index is 0.570. The lowest BCUT2D eigenvalue weighted by Crippen LogP contribution is -2.19. The predicted molar refractivity (Wildman–Crippen MR) is 80.3 cm³/mol. The Morgan fingerprint density at radius 2 is 1.70 bits per heavy atom. The molecule has 0 unspecified atom stereocenters. The van der Waals surface area contributed by atoms with Crippen LogP contribution in [0.2, 0.25) is 0 Å². The zero-order valence-electron chi connectivity index (χ0n) is 12.0. The number of hydrogen-bond donors (Lipinski definition) is 1. The molecule has 106 valence electrons. The average molecular weight is 271 g/mol. The second-order valence-electron chi connectivity index (χ2n) is 4.82. The van der Waals surface area contributed by atoms with Gasteiger partial charge in [-0.1, -0.05) is 30.3 Å². The fraction of sp³-hybridized carbons (Fsp3) is 0.312. The summed E-state index contributed by atoms with van der Waals surface area (Å²) < 4.78 is 5.28. The fourth-order valence-corrected chi connectivity index (χ4v) is 2.28. The maximum absolute atomic E-state index is 5.78. The van der Waals surface area contributed by atoms with E-state index in [4.69, 9.17) is 10.5 Å². The molecule has 0 atom stereocenters. The van der Waals surface area contributed by atoms with Gasteiger partial charge in [0.25, 0.3) is 0 Å². The van der Waals surface area contributed by atoms with Gasteiger partial charge in [-0.05, 0) is 24.2 Å². The highest BCUT2D eigenvalue weighted by atomic mass is 16.5. The van der Waals surface area contributed by atoms with Crippen LogP contribution in [0, 0.1) is 0 Å². The molecule has 0 amide bonds. The van der Waals surface area contributed by atoms with Gasteiger partial charge in [-0.3, -0.25) is 4.90 Å². The van der Waals surface area contributed by atoms with E-state index in [2.05, 4.69) is 29.1 Å². The number of rotatable bonds is 6. The molecule has 0 saturated heterocycles. The molecule has 2 N–H and O–H groups in total. The first-order chi connectivity index (χ1) is 9.74. The molecule has 0 aliphatic rings. The van der Waals surface area contributed by atoms with Crippen molar-refractivity contribution < 1.29 is 4.74 Å². The molecule has 2 rings (SSSR count). The molecule has 2 aromatic rings. The van der Waals surface area contributed by atoms with E-state index >= 15 is 0 Å². The smallest absolute Gasteiger partial charge is 0.217 e. The molecule has 0 radical (unpaired) electrons. The highest BCUT2D eigenvalue weighted by Crippen LogP contribution is 2.17.